The van der Waals surface area contributed by atoms with Crippen LogP contribution in [0.4, 0.5) is 5.13 Å². The minimum absolute atomic E-state index is 0.372. The van der Waals surface area contributed by atoms with Gasteiger partial charge in [-0.15, -0.1) is 11.3 Å². The standard InChI is InChI=1S/C13H23N3OS/c1-4-5-11-12(8-14-2)18-13(15-11)16-7-6-10(9-16)17-3/h10,14H,4-9H2,1-3H3. The lowest BCUT2D eigenvalue weighted by atomic mass is 10.2. The van der Waals surface area contributed by atoms with Gasteiger partial charge in [-0.1, -0.05) is 13.3 Å². The normalized spacial score (nSPS) is 19.7. The van der Waals surface area contributed by atoms with Gasteiger partial charge in [0.15, 0.2) is 5.13 Å². The van der Waals surface area contributed by atoms with Crippen molar-refractivity contribution in [2.24, 2.45) is 0 Å². The fraction of sp³-hybridized carbons (Fsp3) is 0.769. The Kier molecular flexibility index (Phi) is 4.97. The zero-order valence-electron chi connectivity index (χ0n) is 11.5. The fourth-order valence-electron chi connectivity index (χ4n) is 2.33. The SMILES string of the molecule is CCCc1nc(N2CCC(OC)C2)sc1CNC. The van der Waals surface area contributed by atoms with Gasteiger partial charge in [-0.05, 0) is 19.9 Å². The summed E-state index contributed by atoms with van der Waals surface area (Å²) in [5, 5.41) is 4.40. The highest BCUT2D eigenvalue weighted by atomic mass is 32.1. The number of hydrogen-bond acceptors (Lipinski definition) is 5. The smallest absolute Gasteiger partial charge is 0.185 e. The van der Waals surface area contributed by atoms with E-state index in [9.17, 15) is 0 Å². The maximum atomic E-state index is 5.42. The summed E-state index contributed by atoms with van der Waals surface area (Å²) in [7, 11) is 3.79. The second-order valence-corrected chi connectivity index (χ2v) is 5.80. The molecular formula is C13H23N3OS. The van der Waals surface area contributed by atoms with Crippen molar-refractivity contribution in [1.82, 2.24) is 10.3 Å². The van der Waals surface area contributed by atoms with Crippen LogP contribution in [0.5, 0.6) is 0 Å². The second-order valence-electron chi connectivity index (χ2n) is 4.74. The first-order valence-electron chi connectivity index (χ1n) is 6.69. The number of aryl methyl sites for hydroxylation is 1. The molecule has 1 aliphatic rings. The van der Waals surface area contributed by atoms with Gasteiger partial charge < -0.3 is 15.0 Å². The van der Waals surface area contributed by atoms with Crippen LogP contribution >= 0.6 is 11.3 Å². The summed E-state index contributed by atoms with van der Waals surface area (Å²) in [4.78, 5) is 8.56. The van der Waals surface area contributed by atoms with E-state index in [1.807, 2.05) is 18.4 Å². The molecule has 0 saturated carbocycles. The molecule has 1 aromatic rings. The average molecular weight is 269 g/mol. The molecule has 2 heterocycles. The van der Waals surface area contributed by atoms with Crippen LogP contribution in [0.3, 0.4) is 0 Å². The van der Waals surface area contributed by atoms with E-state index in [1.165, 1.54) is 15.7 Å². The number of ether oxygens (including phenoxy) is 1. The zero-order chi connectivity index (χ0) is 13.0. The molecule has 4 nitrogen and oxygen atoms in total. The summed E-state index contributed by atoms with van der Waals surface area (Å²) < 4.78 is 5.42. The number of methoxy groups -OCH3 is 1. The third-order valence-corrected chi connectivity index (χ3v) is 4.50. The Balaban J connectivity index is 2.11. The van der Waals surface area contributed by atoms with E-state index in [4.69, 9.17) is 9.72 Å². The van der Waals surface area contributed by atoms with Crippen LogP contribution in [0.25, 0.3) is 0 Å². The molecule has 0 amide bonds. The molecule has 0 radical (unpaired) electrons. The van der Waals surface area contributed by atoms with E-state index in [2.05, 4.69) is 17.1 Å². The van der Waals surface area contributed by atoms with Crippen LogP contribution in [0.1, 0.15) is 30.3 Å². The molecule has 0 bridgehead atoms. The van der Waals surface area contributed by atoms with Gasteiger partial charge in [-0.2, -0.15) is 0 Å². The fourth-order valence-corrected chi connectivity index (χ4v) is 3.48. The van der Waals surface area contributed by atoms with Gasteiger partial charge in [0.25, 0.3) is 0 Å². The Labute approximate surface area is 113 Å². The van der Waals surface area contributed by atoms with E-state index < -0.39 is 0 Å². The lowest BCUT2D eigenvalue weighted by Crippen LogP contribution is -2.21. The third-order valence-electron chi connectivity index (χ3n) is 3.34. The van der Waals surface area contributed by atoms with Gasteiger partial charge >= 0.3 is 0 Å². The number of hydrogen-bond donors (Lipinski definition) is 1. The number of thiazole rings is 1. The molecule has 1 N–H and O–H groups in total. The molecule has 1 atom stereocenters. The Morgan fingerprint density at radius 3 is 3.00 bits per heavy atom. The van der Waals surface area contributed by atoms with E-state index in [0.717, 1.165) is 38.9 Å². The molecule has 1 saturated heterocycles. The monoisotopic (exact) mass is 269 g/mol. The van der Waals surface area contributed by atoms with Crippen LogP contribution in [0, 0.1) is 0 Å². The minimum Gasteiger partial charge on any atom is -0.380 e. The quantitative estimate of drug-likeness (QED) is 0.857. The first kappa shape index (κ1) is 13.8. The van der Waals surface area contributed by atoms with Crippen LogP contribution in [0.15, 0.2) is 0 Å². The Morgan fingerprint density at radius 2 is 2.39 bits per heavy atom. The molecule has 102 valence electrons. The van der Waals surface area contributed by atoms with E-state index >= 15 is 0 Å². The molecular weight excluding hydrogens is 246 g/mol. The Bertz CT molecular complexity index is 357. The van der Waals surface area contributed by atoms with Gasteiger partial charge in [0.1, 0.15) is 0 Å². The summed E-state index contributed by atoms with van der Waals surface area (Å²) in [5.74, 6) is 0. The van der Waals surface area contributed by atoms with Crippen molar-refractivity contribution in [2.45, 2.75) is 38.8 Å². The van der Waals surface area contributed by atoms with Gasteiger partial charge in [-0.3, -0.25) is 0 Å². The van der Waals surface area contributed by atoms with Gasteiger partial charge in [0, 0.05) is 31.6 Å². The Morgan fingerprint density at radius 1 is 1.56 bits per heavy atom. The lowest BCUT2D eigenvalue weighted by molar-refractivity contribution is 0.121. The zero-order valence-corrected chi connectivity index (χ0v) is 12.3. The minimum atomic E-state index is 0.372. The second kappa shape index (κ2) is 6.50. The maximum absolute atomic E-state index is 5.42. The molecule has 1 fully saturated rings. The average Bonchev–Trinajstić information content (AvgIpc) is 2.97. The van der Waals surface area contributed by atoms with Crippen molar-refractivity contribution in [3.63, 3.8) is 0 Å². The topological polar surface area (TPSA) is 37.4 Å². The number of nitrogens with one attached hydrogen (secondary N) is 1. The molecule has 1 aliphatic heterocycles. The van der Waals surface area contributed by atoms with Gasteiger partial charge in [0.2, 0.25) is 0 Å². The summed E-state index contributed by atoms with van der Waals surface area (Å²) in [6, 6.07) is 0. The maximum Gasteiger partial charge on any atom is 0.185 e. The third kappa shape index (κ3) is 3.02. The van der Waals surface area contributed by atoms with Gasteiger partial charge in [0.05, 0.1) is 11.8 Å². The highest BCUT2D eigenvalue weighted by molar-refractivity contribution is 7.15. The summed E-state index contributed by atoms with van der Waals surface area (Å²) in [6.45, 7) is 5.18. The number of aromatic nitrogens is 1. The van der Waals surface area contributed by atoms with Crippen LogP contribution in [0.2, 0.25) is 0 Å². The number of rotatable bonds is 6. The van der Waals surface area contributed by atoms with Gasteiger partial charge in [-0.25, -0.2) is 4.98 Å². The molecule has 5 heteroatoms. The molecule has 0 aromatic carbocycles. The van der Waals surface area contributed by atoms with Crippen LogP contribution in [-0.4, -0.2) is 38.3 Å². The van der Waals surface area contributed by atoms with Crippen LogP contribution < -0.4 is 10.2 Å². The van der Waals surface area contributed by atoms with Crippen molar-refractivity contribution in [1.29, 1.82) is 0 Å². The van der Waals surface area contributed by atoms with Crippen molar-refractivity contribution in [3.05, 3.63) is 10.6 Å². The lowest BCUT2D eigenvalue weighted by Gasteiger charge is -2.13. The number of anilines is 1. The Hall–Kier alpha value is -0.650. The largest absolute Gasteiger partial charge is 0.380 e. The molecule has 0 aliphatic carbocycles. The van der Waals surface area contributed by atoms with Crippen LogP contribution in [-0.2, 0) is 17.7 Å². The molecule has 1 aromatic heterocycles. The van der Waals surface area contributed by atoms with Crippen molar-refractivity contribution < 1.29 is 4.74 Å². The summed E-state index contributed by atoms with van der Waals surface area (Å²) >= 11 is 1.83. The molecule has 0 spiro atoms. The first-order valence-corrected chi connectivity index (χ1v) is 7.51. The van der Waals surface area contributed by atoms with E-state index in [-0.39, 0.29) is 0 Å². The summed E-state index contributed by atoms with van der Waals surface area (Å²) in [6.07, 6.45) is 3.71. The molecule has 18 heavy (non-hydrogen) atoms. The van der Waals surface area contributed by atoms with Crippen molar-refractivity contribution in [2.75, 3.05) is 32.1 Å². The highest BCUT2D eigenvalue weighted by Crippen LogP contribution is 2.30. The highest BCUT2D eigenvalue weighted by Gasteiger charge is 2.25. The summed E-state index contributed by atoms with van der Waals surface area (Å²) in [5.41, 5.74) is 1.27. The van der Waals surface area contributed by atoms with E-state index in [0.29, 0.717) is 6.10 Å². The van der Waals surface area contributed by atoms with Crippen molar-refractivity contribution in [3.8, 4) is 0 Å². The van der Waals surface area contributed by atoms with Crippen molar-refractivity contribution >= 4 is 16.5 Å². The molecule has 2 rings (SSSR count). The first-order chi connectivity index (χ1) is 8.78. The predicted molar refractivity (Wildman–Crippen MR) is 76.5 cm³/mol. The molecule has 1 unspecified atom stereocenters. The van der Waals surface area contributed by atoms with E-state index in [1.54, 1.807) is 7.11 Å². The number of nitrogens with zero attached hydrogens (tertiary/aromatic N) is 2. The predicted octanol–water partition coefficient (Wildman–Crippen LogP) is 2.04.